The molecule has 0 radical (unpaired) electrons. The molecule has 61 heavy (non-hydrogen) atoms. The van der Waals surface area contributed by atoms with E-state index in [1.807, 2.05) is 0 Å². The molecule has 0 bridgehead atoms. The molecule has 0 spiro atoms. The van der Waals surface area contributed by atoms with E-state index >= 15 is 0 Å². The molecule has 0 atom stereocenters. The van der Waals surface area contributed by atoms with E-state index in [4.69, 9.17) is 0 Å². The van der Waals surface area contributed by atoms with Crippen LogP contribution >= 0.6 is 0 Å². The Balaban J connectivity index is 1.37. The van der Waals surface area contributed by atoms with Gasteiger partial charge in [-0.25, -0.2) is 0 Å². The topological polar surface area (TPSA) is 6.48 Å². The third-order valence-corrected chi connectivity index (χ3v) is 14.5. The normalized spacial score (nSPS) is 16.5. The van der Waals surface area contributed by atoms with E-state index in [1.165, 1.54) is 113 Å². The highest BCUT2D eigenvalue weighted by Crippen LogP contribution is 2.51. The number of aryl methyl sites for hydroxylation is 2. The third-order valence-electron chi connectivity index (χ3n) is 14.5. The number of hydrogen-bond acceptors (Lipinski definition) is 2. The first kappa shape index (κ1) is 41.3. The zero-order valence-electron chi connectivity index (χ0n) is 39.8. The number of benzene rings is 6. The first-order chi connectivity index (χ1) is 28.4. The number of rotatable bonds is 3. The fourth-order valence-electron chi connectivity index (χ4n) is 10.6. The second-order valence-corrected chi connectivity index (χ2v) is 23.2. The zero-order valence-corrected chi connectivity index (χ0v) is 39.8. The van der Waals surface area contributed by atoms with Gasteiger partial charge < -0.3 is 9.80 Å². The molecule has 0 aromatic heterocycles. The average molecular weight is 803 g/mol. The zero-order chi connectivity index (χ0) is 43.8. The molecule has 9 rings (SSSR count). The van der Waals surface area contributed by atoms with Gasteiger partial charge in [-0.15, -0.1) is 0 Å². The minimum Gasteiger partial charge on any atom is -0.311 e. The van der Waals surface area contributed by atoms with Crippen molar-refractivity contribution in [2.24, 2.45) is 0 Å². The summed E-state index contributed by atoms with van der Waals surface area (Å²) >= 11 is 0. The Labute approximate surface area is 368 Å². The van der Waals surface area contributed by atoms with Crippen molar-refractivity contribution in [1.82, 2.24) is 0 Å². The fraction of sp³-hybridized carbons (Fsp3) is 0.379. The Morgan fingerprint density at radius 1 is 0.443 bits per heavy atom. The summed E-state index contributed by atoms with van der Waals surface area (Å²) in [5.74, 6) is 0. The summed E-state index contributed by atoms with van der Waals surface area (Å²) in [5.41, 5.74) is 24.1. The van der Waals surface area contributed by atoms with Gasteiger partial charge in [0.15, 0.2) is 0 Å². The molecule has 0 amide bonds. The molecule has 2 heterocycles. The molecule has 2 nitrogen and oxygen atoms in total. The van der Waals surface area contributed by atoms with Crippen molar-refractivity contribution in [1.29, 1.82) is 0 Å². The maximum Gasteiger partial charge on any atom is 0.252 e. The molecule has 0 saturated heterocycles. The van der Waals surface area contributed by atoms with Gasteiger partial charge in [-0.3, -0.25) is 0 Å². The molecule has 0 fully saturated rings. The molecular formula is C58H67BN2. The van der Waals surface area contributed by atoms with Gasteiger partial charge in [-0.1, -0.05) is 156 Å². The van der Waals surface area contributed by atoms with Crippen LogP contribution in [0.2, 0.25) is 0 Å². The highest BCUT2D eigenvalue weighted by atomic mass is 15.2. The lowest BCUT2D eigenvalue weighted by molar-refractivity contribution is 0.332. The van der Waals surface area contributed by atoms with Crippen LogP contribution in [-0.2, 0) is 27.1 Å². The summed E-state index contributed by atoms with van der Waals surface area (Å²) in [6.07, 6.45) is 2.40. The van der Waals surface area contributed by atoms with Crippen LogP contribution in [0.1, 0.15) is 142 Å². The van der Waals surface area contributed by atoms with Crippen LogP contribution in [-0.4, -0.2) is 6.71 Å². The molecule has 0 saturated carbocycles. The Morgan fingerprint density at radius 3 is 1.57 bits per heavy atom. The molecule has 312 valence electrons. The monoisotopic (exact) mass is 803 g/mol. The first-order valence-electron chi connectivity index (χ1n) is 22.8. The maximum absolute atomic E-state index is 2.64. The standard InChI is InChI=1S/C58H67BN2/c1-36-16-25-49-46(30-36)59-47-35-41(56(9,10)11)21-27-50(47)61(52-32-37(2)31-51(53(52)59)60(49)42-22-18-39(19-23-42)54(3,4)5)48-26-20-40(55(6,7)8)34-43(48)38-17-24-44-45(33-38)58(14,15)29-28-57(44,12)13/h16-27,30-35H,28-29H2,1-15H3. The lowest BCUT2D eigenvalue weighted by atomic mass is 9.33. The molecule has 0 N–H and O–H groups in total. The summed E-state index contributed by atoms with van der Waals surface area (Å²) in [5, 5.41) is 0. The summed E-state index contributed by atoms with van der Waals surface area (Å²) < 4.78 is 0. The second-order valence-electron chi connectivity index (χ2n) is 23.2. The van der Waals surface area contributed by atoms with Crippen LogP contribution in [0, 0.1) is 13.8 Å². The third kappa shape index (κ3) is 6.86. The van der Waals surface area contributed by atoms with Crippen LogP contribution in [0.5, 0.6) is 0 Å². The molecule has 6 aromatic carbocycles. The van der Waals surface area contributed by atoms with Gasteiger partial charge in [-0.05, 0) is 158 Å². The van der Waals surface area contributed by atoms with Crippen molar-refractivity contribution >= 4 is 57.2 Å². The summed E-state index contributed by atoms with van der Waals surface area (Å²) in [4.78, 5) is 5.19. The predicted molar refractivity (Wildman–Crippen MR) is 267 cm³/mol. The van der Waals surface area contributed by atoms with Crippen molar-refractivity contribution in [3.05, 3.63) is 148 Å². The number of anilines is 6. The maximum atomic E-state index is 2.64. The van der Waals surface area contributed by atoms with Crippen molar-refractivity contribution < 1.29 is 0 Å². The van der Waals surface area contributed by atoms with Crippen LogP contribution in [0.15, 0.2) is 109 Å². The minimum absolute atomic E-state index is 0.00952. The van der Waals surface area contributed by atoms with E-state index in [0.29, 0.717) is 0 Å². The highest BCUT2D eigenvalue weighted by Gasteiger charge is 2.45. The lowest BCUT2D eigenvalue weighted by Gasteiger charge is -2.45. The average Bonchev–Trinajstić information content (AvgIpc) is 3.18. The van der Waals surface area contributed by atoms with Crippen molar-refractivity contribution in [3.63, 3.8) is 0 Å². The van der Waals surface area contributed by atoms with E-state index in [9.17, 15) is 0 Å². The van der Waals surface area contributed by atoms with Crippen LogP contribution in [0.4, 0.5) is 34.1 Å². The smallest absolute Gasteiger partial charge is 0.252 e. The first-order valence-corrected chi connectivity index (χ1v) is 22.8. The predicted octanol–water partition coefficient (Wildman–Crippen LogP) is 14.3. The molecule has 3 aliphatic rings. The SMILES string of the molecule is Cc1ccc2c(c1)B1c3cc(C(C)(C)C)ccc3N(c3ccc(C(C)(C)C)cc3-c3ccc4c(c3)C(C)(C)CCC4(C)C)c3cc(C)cc(c31)N2c1ccc(C(C)(C)C)cc1. The van der Waals surface area contributed by atoms with Gasteiger partial charge >= 0.3 is 0 Å². The van der Waals surface area contributed by atoms with E-state index < -0.39 is 0 Å². The van der Waals surface area contributed by atoms with Gasteiger partial charge in [0.05, 0.1) is 5.69 Å². The van der Waals surface area contributed by atoms with Crippen LogP contribution in [0.3, 0.4) is 0 Å². The quantitative estimate of drug-likeness (QED) is 0.164. The van der Waals surface area contributed by atoms with Crippen molar-refractivity contribution in [3.8, 4) is 11.1 Å². The fourth-order valence-corrected chi connectivity index (χ4v) is 10.6. The lowest BCUT2D eigenvalue weighted by Crippen LogP contribution is -2.61. The molecule has 3 heteroatoms. The summed E-state index contributed by atoms with van der Waals surface area (Å²) in [6.45, 7) is 35.4. The van der Waals surface area contributed by atoms with E-state index in [2.05, 4.69) is 223 Å². The van der Waals surface area contributed by atoms with Crippen molar-refractivity contribution in [2.45, 2.75) is 144 Å². The summed E-state index contributed by atoms with van der Waals surface area (Å²) in [7, 11) is 0. The van der Waals surface area contributed by atoms with Gasteiger partial charge in [-0.2, -0.15) is 0 Å². The van der Waals surface area contributed by atoms with Gasteiger partial charge in [0.25, 0.3) is 6.71 Å². The van der Waals surface area contributed by atoms with Crippen LogP contribution in [0.25, 0.3) is 11.1 Å². The molecule has 2 aliphatic heterocycles. The highest BCUT2D eigenvalue weighted by molar-refractivity contribution is 7.00. The Kier molecular flexibility index (Phi) is 9.31. The molecule has 6 aromatic rings. The van der Waals surface area contributed by atoms with Crippen molar-refractivity contribution in [2.75, 3.05) is 9.80 Å². The largest absolute Gasteiger partial charge is 0.311 e. The number of fused-ring (bicyclic) bond motifs is 5. The minimum atomic E-state index is -0.0115. The molecule has 0 unspecified atom stereocenters. The number of hydrogen-bond donors (Lipinski definition) is 0. The Morgan fingerprint density at radius 2 is 0.951 bits per heavy atom. The van der Waals surface area contributed by atoms with Gasteiger partial charge in [0, 0.05) is 34.0 Å². The van der Waals surface area contributed by atoms with E-state index in [1.54, 1.807) is 0 Å². The second kappa shape index (κ2) is 13.7. The molecule has 1 aliphatic carbocycles. The Bertz CT molecular complexity index is 2730. The Hall–Kier alpha value is -5.02. The van der Waals surface area contributed by atoms with E-state index in [0.717, 1.165) is 0 Å². The molecular weight excluding hydrogens is 735 g/mol. The van der Waals surface area contributed by atoms with Gasteiger partial charge in [0.2, 0.25) is 0 Å². The van der Waals surface area contributed by atoms with Crippen LogP contribution < -0.4 is 26.2 Å². The van der Waals surface area contributed by atoms with E-state index in [-0.39, 0.29) is 33.8 Å². The van der Waals surface area contributed by atoms with Gasteiger partial charge in [0.1, 0.15) is 0 Å². The number of nitrogens with zero attached hydrogens (tertiary/aromatic N) is 2. The summed E-state index contributed by atoms with van der Waals surface area (Å²) in [6, 6.07) is 43.6.